The molecule has 0 radical (unpaired) electrons. The van der Waals surface area contributed by atoms with Crippen LogP contribution in [0.1, 0.15) is 37.5 Å². The zero-order valence-corrected chi connectivity index (χ0v) is 5.88. The van der Waals surface area contributed by atoms with Crippen molar-refractivity contribution in [3.63, 3.8) is 0 Å². The lowest BCUT2D eigenvalue weighted by Gasteiger charge is -1.68. The Kier molecular flexibility index (Phi) is 10.8. The summed E-state index contributed by atoms with van der Waals surface area (Å²) in [5, 5.41) is 0. The minimum Gasteiger partial charge on any atom is -0.147 e. The third-order valence-electron chi connectivity index (χ3n) is 0.0884. The largest absolute Gasteiger partial charge is 0.147 e. The van der Waals surface area contributed by atoms with Crippen LogP contribution in [0, 0.1) is 0 Å². The molecule has 50 valence electrons. The molecule has 3 heteroatoms. The summed E-state index contributed by atoms with van der Waals surface area (Å²) in [7, 11) is 0. The van der Waals surface area contributed by atoms with Crippen molar-refractivity contribution in [1.82, 2.24) is 0 Å². The third-order valence-corrected chi connectivity index (χ3v) is 0.0884. The highest BCUT2D eigenvalue weighted by molar-refractivity contribution is 5.86. The Balaban J connectivity index is -0.000000202. The Bertz CT molecular complexity index is 166. The Morgan fingerprint density at radius 2 is 1.86 bits per heavy atom. The molecule has 0 bridgehead atoms. The van der Waals surface area contributed by atoms with Crippen molar-refractivity contribution < 1.29 is 11.0 Å². The van der Waals surface area contributed by atoms with E-state index in [1.165, 1.54) is 0 Å². The van der Waals surface area contributed by atoms with Crippen LogP contribution >= 0.6 is 37.2 Å². The molecule has 0 spiro atoms. The highest BCUT2D eigenvalue weighted by atomic mass is 35.5. The number of halogens is 3. The second kappa shape index (κ2) is 28.7. The Labute approximate surface area is 75.5 Å². The van der Waals surface area contributed by atoms with Crippen molar-refractivity contribution in [3.05, 3.63) is 0 Å². The van der Waals surface area contributed by atoms with Gasteiger partial charge in [0.05, 0.1) is 0 Å². The van der Waals surface area contributed by atoms with Gasteiger partial charge in [0.2, 0.25) is 0 Å². The van der Waals surface area contributed by atoms with Gasteiger partial charge >= 0.3 is 0 Å². The van der Waals surface area contributed by atoms with E-state index < -0.39 is 26.5 Å². The fourth-order valence-electron chi connectivity index (χ4n) is 0. The molecule has 0 aliphatic rings. The van der Waals surface area contributed by atoms with E-state index in [-0.39, 0.29) is 37.2 Å². The molecule has 0 amide bonds. The van der Waals surface area contributed by atoms with Crippen LogP contribution in [0.5, 0.6) is 0 Å². The molecule has 7 heavy (non-hydrogen) atoms. The lowest BCUT2D eigenvalue weighted by molar-refractivity contribution is 0.886. The third kappa shape index (κ3) is 46.6. The van der Waals surface area contributed by atoms with Gasteiger partial charge in [-0.25, -0.2) is 0 Å². The maximum atomic E-state index is 6.99. The molecule has 0 N–H and O–H groups in total. The van der Waals surface area contributed by atoms with Gasteiger partial charge in [0.15, 0.2) is 0 Å². The summed E-state index contributed by atoms with van der Waals surface area (Å²) in [5.74, 6) is 0. The molecule has 0 nitrogen and oxygen atoms in total. The summed E-state index contributed by atoms with van der Waals surface area (Å²) in [6, 6.07) is 0. The van der Waals surface area contributed by atoms with Crippen molar-refractivity contribution in [3.8, 4) is 0 Å². The molecule has 0 aromatic carbocycles. The molecule has 0 unspecified atom stereocenters. The smallest absolute Gasteiger partial charge is 0.0264 e. The fourth-order valence-corrected chi connectivity index (χ4v) is 0. The Morgan fingerprint density at radius 3 is 2.00 bits per heavy atom. The van der Waals surface area contributed by atoms with E-state index in [0.29, 0.717) is 0 Å². The first-order valence-corrected chi connectivity index (χ1v) is 0.854. The maximum absolute atomic E-state index is 6.99. The molecule has 0 aliphatic heterocycles. The average Bonchev–Trinajstić information content (AvgIpc) is 1.85. The van der Waals surface area contributed by atoms with E-state index in [0.717, 1.165) is 0 Å². The second-order valence-corrected chi connectivity index (χ2v) is 0.302. The van der Waals surface area contributed by atoms with Crippen LogP contribution in [0.25, 0.3) is 0 Å². The summed E-state index contributed by atoms with van der Waals surface area (Å²) >= 11 is 0. The molecule has 0 saturated heterocycles. The van der Waals surface area contributed by atoms with Crippen molar-refractivity contribution in [1.29, 1.82) is 0 Å². The summed E-state index contributed by atoms with van der Waals surface area (Å²) in [4.78, 5) is 0. The first-order valence-electron chi connectivity index (χ1n) is 5.06. The van der Waals surface area contributed by atoms with E-state index >= 15 is 0 Å². The van der Waals surface area contributed by atoms with Crippen molar-refractivity contribution in [2.45, 2.75) is 26.5 Å². The van der Waals surface area contributed by atoms with Crippen LogP contribution in [0.2, 0.25) is 0 Å². The molecular weight excluding hydrogens is 154 g/mol. The molecular formula is C4H13Cl3. The van der Waals surface area contributed by atoms with E-state index in [2.05, 4.69) is 0 Å². The lowest BCUT2D eigenvalue weighted by atomic mass is 10.4. The number of hydrogen-bond acceptors (Lipinski definition) is 0. The van der Waals surface area contributed by atoms with Gasteiger partial charge in [0, 0.05) is 11.0 Å². The molecule has 0 aromatic heterocycles. The Hall–Kier alpha value is 0.870. The Morgan fingerprint density at radius 1 is 1.29 bits per heavy atom. The molecule has 0 aliphatic carbocycles. The SMILES string of the molecule is Cl.Cl.Cl.[2H]CC([2H])([2H])C([2H])([2H])C([2H])([2H])[2H]. The van der Waals surface area contributed by atoms with Crippen molar-refractivity contribution >= 4 is 37.2 Å². The average molecular weight is 176 g/mol. The van der Waals surface area contributed by atoms with Crippen LogP contribution in [0.3, 0.4) is 0 Å². The topological polar surface area (TPSA) is 0 Å². The first kappa shape index (κ1) is 2.64. The van der Waals surface area contributed by atoms with Crippen molar-refractivity contribution in [2.24, 2.45) is 0 Å². The van der Waals surface area contributed by atoms with E-state index in [1.54, 1.807) is 0 Å². The predicted octanol–water partition coefficient (Wildman–Crippen LogP) is 3.07. The van der Waals surface area contributed by atoms with Crippen molar-refractivity contribution in [2.75, 3.05) is 0 Å². The van der Waals surface area contributed by atoms with Crippen LogP contribution < -0.4 is 0 Å². The number of rotatable bonds is 1. The van der Waals surface area contributed by atoms with Crippen LogP contribution in [0.15, 0.2) is 0 Å². The van der Waals surface area contributed by atoms with Gasteiger partial charge in [-0.05, 0) is 0 Å². The molecule has 0 aromatic rings. The van der Waals surface area contributed by atoms with Gasteiger partial charge in [-0.2, -0.15) is 0 Å². The van der Waals surface area contributed by atoms with Gasteiger partial charge in [-0.15, -0.1) is 37.2 Å². The quantitative estimate of drug-likeness (QED) is 0.575. The normalized spacial score (nSPS) is 26.9. The van der Waals surface area contributed by atoms with Gasteiger partial charge in [-0.1, -0.05) is 26.5 Å². The van der Waals surface area contributed by atoms with E-state index in [9.17, 15) is 0 Å². The highest BCUT2D eigenvalue weighted by Crippen LogP contribution is 1.76. The highest BCUT2D eigenvalue weighted by Gasteiger charge is 1.56. The van der Waals surface area contributed by atoms with Crippen LogP contribution in [0.4, 0.5) is 0 Å². The summed E-state index contributed by atoms with van der Waals surface area (Å²) < 4.78 is 54.8. The molecule has 0 heterocycles. The van der Waals surface area contributed by atoms with Gasteiger partial charge in [-0.3, -0.25) is 0 Å². The zero-order valence-electron chi connectivity index (χ0n) is 11.4. The zero-order chi connectivity index (χ0) is 10.2. The first-order chi connectivity index (χ1) is 5.06. The minimum absolute atomic E-state index is 0. The standard InChI is InChI=1S/C4H10.3ClH/c1-3-4-2;;;/h3-4H2,1-2H3;3*1H/i1D,2D3,3D2,4D2;;;. The molecule has 0 atom stereocenters. The predicted molar refractivity (Wildman–Crippen MR) is 42.3 cm³/mol. The molecule has 0 rings (SSSR count). The monoisotopic (exact) mass is 174 g/mol. The van der Waals surface area contributed by atoms with Gasteiger partial charge in [0.25, 0.3) is 0 Å². The second-order valence-electron chi connectivity index (χ2n) is 0.302. The van der Waals surface area contributed by atoms with E-state index in [4.69, 9.17) is 11.0 Å². The summed E-state index contributed by atoms with van der Waals surface area (Å²) in [6.45, 7) is -3.93. The summed E-state index contributed by atoms with van der Waals surface area (Å²) in [6.07, 6.45) is -5.61. The van der Waals surface area contributed by atoms with Gasteiger partial charge in [0.1, 0.15) is 0 Å². The number of hydrogen-bond donors (Lipinski definition) is 0. The van der Waals surface area contributed by atoms with Crippen LogP contribution in [-0.4, -0.2) is 0 Å². The minimum atomic E-state index is -3.03. The fraction of sp³-hybridized carbons (Fsp3) is 1.00. The van der Waals surface area contributed by atoms with Gasteiger partial charge < -0.3 is 0 Å². The molecule has 0 saturated carbocycles. The lowest BCUT2D eigenvalue weighted by Crippen LogP contribution is -1.47. The van der Waals surface area contributed by atoms with Crippen LogP contribution in [-0.2, 0) is 0 Å². The summed E-state index contributed by atoms with van der Waals surface area (Å²) in [5.41, 5.74) is 0. The maximum Gasteiger partial charge on any atom is 0.0264 e. The van der Waals surface area contributed by atoms with E-state index in [1.807, 2.05) is 0 Å². The molecule has 0 fully saturated rings.